The van der Waals surface area contributed by atoms with E-state index in [2.05, 4.69) is 23.8 Å². The lowest BCUT2D eigenvalue weighted by Gasteiger charge is -2.21. The van der Waals surface area contributed by atoms with Crippen LogP contribution in [0, 0.1) is 17.0 Å². The highest BCUT2D eigenvalue weighted by Crippen LogP contribution is 2.47. The van der Waals surface area contributed by atoms with Crippen molar-refractivity contribution in [2.45, 2.75) is 31.7 Å². The van der Waals surface area contributed by atoms with Crippen LogP contribution in [0.15, 0.2) is 55.6 Å². The highest BCUT2D eigenvalue weighted by Gasteiger charge is 2.36. The lowest BCUT2D eigenvalue weighted by Crippen LogP contribution is -2.27. The lowest BCUT2D eigenvalue weighted by molar-refractivity contribution is -0.137. The van der Waals surface area contributed by atoms with E-state index in [1.807, 2.05) is 0 Å². The number of alkyl halides is 7. The number of hydrogen-bond acceptors (Lipinski definition) is 3. The summed E-state index contributed by atoms with van der Waals surface area (Å²) in [7, 11) is 0. The van der Waals surface area contributed by atoms with Crippen LogP contribution in [-0.2, 0) is 12.7 Å². The second-order valence-electron chi connectivity index (χ2n) is 9.61. The first-order valence-corrected chi connectivity index (χ1v) is 12.6. The predicted octanol–water partition coefficient (Wildman–Crippen LogP) is 8.28. The zero-order chi connectivity index (χ0) is 31.5. The number of rotatable bonds is 7. The summed E-state index contributed by atoms with van der Waals surface area (Å²) in [5.74, 6) is -1.94. The Bertz CT molecular complexity index is 1860. The van der Waals surface area contributed by atoms with Crippen LogP contribution in [0.25, 0.3) is 22.4 Å². The van der Waals surface area contributed by atoms with Gasteiger partial charge in [0.05, 0.1) is 29.2 Å². The van der Waals surface area contributed by atoms with Crippen LogP contribution in [0.3, 0.4) is 0 Å². The average molecular weight is 632 g/mol. The fraction of sp³-hybridized carbons (Fsp3) is 0.179. The average Bonchev–Trinajstić information content (AvgIpc) is 3.38. The Kier molecular flexibility index (Phi) is 7.53. The Hall–Kier alpha value is -4.33. The number of nitrogens with one attached hydrogen (secondary N) is 3. The fourth-order valence-corrected chi connectivity index (χ4v) is 5.37. The molecule has 1 aliphatic heterocycles. The molecule has 0 saturated heterocycles. The molecule has 5 nitrogen and oxygen atoms in total. The summed E-state index contributed by atoms with van der Waals surface area (Å²) in [6.45, 7) is 3.05. The summed E-state index contributed by atoms with van der Waals surface area (Å²) in [5, 5.41) is 14.0. The molecule has 15 heteroatoms. The van der Waals surface area contributed by atoms with Gasteiger partial charge in [0.25, 0.3) is 6.43 Å². The fourth-order valence-electron chi connectivity index (χ4n) is 5.14. The minimum atomic E-state index is -4.90. The Morgan fingerprint density at radius 1 is 1.05 bits per heavy atom. The zero-order valence-electron chi connectivity index (χ0n) is 21.6. The van der Waals surface area contributed by atoms with Crippen molar-refractivity contribution in [1.82, 2.24) is 14.5 Å². The molecule has 3 N–H and O–H groups in total. The molecule has 0 spiro atoms. The molecule has 1 atom stereocenters. The Morgan fingerprint density at radius 2 is 1.74 bits per heavy atom. The van der Waals surface area contributed by atoms with Gasteiger partial charge in [0, 0.05) is 44.4 Å². The molecule has 1 aliphatic rings. The second-order valence-corrected chi connectivity index (χ2v) is 10.0. The Labute approximate surface area is 242 Å². The van der Waals surface area contributed by atoms with Crippen LogP contribution >= 0.6 is 11.6 Å². The standard InChI is InChI=1S/C28H19ClF9N5/c1-11(13-5-14(28(36,37)38)7-16(31)6-13)40-19-9-20-25(43(26(34)35)27(39)42(20)10-21(32)33)22-12(2)41-24(23(19)22)17-8-15(30)3-4-18(17)29/h3-9,21,24,26,39-41H,1-2,10H2. The van der Waals surface area contributed by atoms with Crippen LogP contribution in [0.2, 0.25) is 5.02 Å². The van der Waals surface area contributed by atoms with Crippen LogP contribution in [0.1, 0.15) is 40.4 Å². The van der Waals surface area contributed by atoms with Gasteiger partial charge in [-0.1, -0.05) is 24.8 Å². The maximum Gasteiger partial charge on any atom is 0.416 e. The van der Waals surface area contributed by atoms with Crippen molar-refractivity contribution in [2.75, 3.05) is 5.32 Å². The number of fused-ring (bicyclic) bond motifs is 3. The molecule has 3 aromatic carbocycles. The largest absolute Gasteiger partial charge is 0.416 e. The van der Waals surface area contributed by atoms with E-state index < -0.39 is 54.6 Å². The second kappa shape index (κ2) is 10.7. The van der Waals surface area contributed by atoms with Gasteiger partial charge in [0.2, 0.25) is 5.62 Å². The summed E-state index contributed by atoms with van der Waals surface area (Å²) in [6, 6.07) is 5.09. The third-order valence-electron chi connectivity index (χ3n) is 6.89. The number of aromatic nitrogens is 2. The molecule has 0 fully saturated rings. The topological polar surface area (TPSA) is 57.8 Å². The maximum absolute atomic E-state index is 14.3. The number of benzene rings is 3. The Balaban J connectivity index is 1.81. The highest BCUT2D eigenvalue weighted by atomic mass is 35.5. The van der Waals surface area contributed by atoms with Gasteiger partial charge in [-0.2, -0.15) is 22.0 Å². The molecule has 1 unspecified atom stereocenters. The van der Waals surface area contributed by atoms with Gasteiger partial charge in [-0.25, -0.2) is 17.6 Å². The van der Waals surface area contributed by atoms with E-state index in [-0.39, 0.29) is 66.0 Å². The van der Waals surface area contributed by atoms with Crippen molar-refractivity contribution in [2.24, 2.45) is 0 Å². The molecule has 5 rings (SSSR count). The number of anilines is 1. The molecule has 2 heterocycles. The van der Waals surface area contributed by atoms with E-state index in [1.54, 1.807) is 0 Å². The number of nitrogens with zero attached hydrogens (tertiary/aromatic N) is 2. The molecule has 43 heavy (non-hydrogen) atoms. The summed E-state index contributed by atoms with van der Waals surface area (Å²) in [6.07, 6.45) is -7.96. The monoisotopic (exact) mass is 631 g/mol. The van der Waals surface area contributed by atoms with E-state index >= 15 is 0 Å². The smallest absolute Gasteiger partial charge is 0.374 e. The maximum atomic E-state index is 14.3. The lowest BCUT2D eigenvalue weighted by atomic mass is 9.94. The van der Waals surface area contributed by atoms with E-state index in [4.69, 9.17) is 17.0 Å². The third-order valence-corrected chi connectivity index (χ3v) is 7.23. The number of halogens is 10. The third kappa shape index (κ3) is 5.35. The van der Waals surface area contributed by atoms with Gasteiger partial charge in [-0.15, -0.1) is 0 Å². The van der Waals surface area contributed by atoms with Crippen molar-refractivity contribution in [3.05, 3.63) is 106 Å². The van der Waals surface area contributed by atoms with Gasteiger partial charge >= 0.3 is 12.7 Å². The minimum Gasteiger partial charge on any atom is -0.374 e. The molecule has 0 saturated carbocycles. The quantitative estimate of drug-likeness (QED) is 0.180. The van der Waals surface area contributed by atoms with E-state index in [0.29, 0.717) is 10.6 Å². The molecular formula is C28H19ClF9N5. The SMILES string of the molecule is C=C(Nc1cc2c(c3c1C(c1cc(F)ccc1Cl)NC3=C)n(C(F)F)c(=N)n2CC(F)F)c1cc(F)cc(C(F)(F)F)c1. The summed E-state index contributed by atoms with van der Waals surface area (Å²) in [4.78, 5) is 0. The van der Waals surface area contributed by atoms with E-state index in [0.717, 1.165) is 24.3 Å². The van der Waals surface area contributed by atoms with Gasteiger partial charge < -0.3 is 15.2 Å². The van der Waals surface area contributed by atoms with E-state index in [9.17, 15) is 39.5 Å². The van der Waals surface area contributed by atoms with E-state index in [1.165, 1.54) is 6.07 Å². The minimum absolute atomic E-state index is 0.0201. The molecule has 0 radical (unpaired) electrons. The molecule has 0 bridgehead atoms. The molecule has 0 aliphatic carbocycles. The first kappa shape index (κ1) is 30.1. The van der Waals surface area contributed by atoms with Crippen LogP contribution < -0.4 is 16.3 Å². The first-order valence-electron chi connectivity index (χ1n) is 12.3. The Morgan fingerprint density at radius 3 is 2.37 bits per heavy atom. The van der Waals surface area contributed by atoms with Crippen molar-refractivity contribution in [3.8, 4) is 0 Å². The molecule has 0 amide bonds. The number of hydrogen-bond donors (Lipinski definition) is 3. The van der Waals surface area contributed by atoms with Gasteiger partial charge in [0.15, 0.2) is 0 Å². The van der Waals surface area contributed by atoms with Gasteiger partial charge in [-0.05, 0) is 42.5 Å². The van der Waals surface area contributed by atoms with Crippen LogP contribution in [0.5, 0.6) is 0 Å². The molecule has 226 valence electrons. The highest BCUT2D eigenvalue weighted by molar-refractivity contribution is 6.31. The van der Waals surface area contributed by atoms with Crippen molar-refractivity contribution >= 4 is 39.7 Å². The predicted molar refractivity (Wildman–Crippen MR) is 143 cm³/mol. The van der Waals surface area contributed by atoms with Crippen LogP contribution in [-0.4, -0.2) is 15.6 Å². The van der Waals surface area contributed by atoms with Gasteiger partial charge in [-0.3, -0.25) is 9.98 Å². The van der Waals surface area contributed by atoms with Crippen molar-refractivity contribution in [1.29, 1.82) is 5.41 Å². The van der Waals surface area contributed by atoms with Gasteiger partial charge in [0.1, 0.15) is 11.6 Å². The van der Waals surface area contributed by atoms with Crippen LogP contribution in [0.4, 0.5) is 45.2 Å². The summed E-state index contributed by atoms with van der Waals surface area (Å²) >= 11 is 6.34. The molecule has 4 aromatic rings. The molecular weight excluding hydrogens is 613 g/mol. The first-order chi connectivity index (χ1) is 20.1. The zero-order valence-corrected chi connectivity index (χ0v) is 22.3. The molecule has 1 aromatic heterocycles. The number of imidazole rings is 1. The van der Waals surface area contributed by atoms with Crippen molar-refractivity contribution in [3.63, 3.8) is 0 Å². The normalized spacial score (nSPS) is 15.0. The van der Waals surface area contributed by atoms with Crippen molar-refractivity contribution < 1.29 is 39.5 Å². The summed E-state index contributed by atoms with van der Waals surface area (Å²) in [5.41, 5.74) is -3.51. The summed E-state index contributed by atoms with van der Waals surface area (Å²) < 4.78 is 125.